The zero-order valence-electron chi connectivity index (χ0n) is 10.9. The van der Waals surface area contributed by atoms with Gasteiger partial charge in [-0.25, -0.2) is 4.98 Å². The summed E-state index contributed by atoms with van der Waals surface area (Å²) < 4.78 is 0. The maximum atomic E-state index is 10.4. The van der Waals surface area contributed by atoms with Crippen LogP contribution in [0, 0.1) is 0 Å². The highest BCUT2D eigenvalue weighted by molar-refractivity contribution is 5.92. The van der Waals surface area contributed by atoms with Crippen molar-refractivity contribution in [1.29, 1.82) is 0 Å². The zero-order chi connectivity index (χ0) is 14.4. The number of hydrogen-bond acceptors (Lipinski definition) is 3. The highest BCUT2D eigenvalue weighted by Gasteiger charge is 1.94. The third-order valence-corrected chi connectivity index (χ3v) is 2.76. The molecule has 0 bridgehead atoms. The van der Waals surface area contributed by atoms with Crippen molar-refractivity contribution in [1.82, 2.24) is 4.98 Å². The highest BCUT2D eigenvalue weighted by Crippen LogP contribution is 2.16. The molecule has 3 rings (SSSR count). The normalized spacial score (nSPS) is 9.60. The molecule has 100 valence electrons. The number of carbonyl (C=O) groups excluding carboxylic acids is 1. The van der Waals surface area contributed by atoms with Crippen LogP contribution in [-0.2, 0) is 0 Å². The lowest BCUT2D eigenvalue weighted by Gasteiger charge is -1.97. The summed E-state index contributed by atoms with van der Waals surface area (Å²) in [6.45, 7) is 0. The van der Waals surface area contributed by atoms with E-state index in [2.05, 4.69) is 4.98 Å². The molecule has 2 aromatic carbocycles. The quantitative estimate of drug-likeness (QED) is 0.709. The number of anilines is 1. The Morgan fingerprint density at radius 2 is 1.55 bits per heavy atom. The van der Waals surface area contributed by atoms with Gasteiger partial charge in [-0.15, -0.1) is 0 Å². The summed E-state index contributed by atoms with van der Waals surface area (Å²) in [5, 5.41) is 2.16. The number of pyridine rings is 1. The lowest BCUT2D eigenvalue weighted by atomic mass is 10.2. The predicted octanol–water partition coefficient (Wildman–Crippen LogP) is 2.60. The summed E-state index contributed by atoms with van der Waals surface area (Å²) in [5.74, 6) is 0.221. The molecular formula is C16H15N3O. The van der Waals surface area contributed by atoms with Crippen LogP contribution in [0.2, 0.25) is 0 Å². The fourth-order valence-electron chi connectivity index (χ4n) is 1.75. The van der Waals surface area contributed by atoms with Gasteiger partial charge in [0.2, 0.25) is 5.91 Å². The van der Waals surface area contributed by atoms with Gasteiger partial charge in [0.1, 0.15) is 5.82 Å². The third kappa shape index (κ3) is 3.32. The predicted molar refractivity (Wildman–Crippen MR) is 81.1 cm³/mol. The first-order chi connectivity index (χ1) is 9.68. The maximum absolute atomic E-state index is 10.4. The molecule has 0 aliphatic rings. The first kappa shape index (κ1) is 13.5. The number of hydrogen-bond donors (Lipinski definition) is 2. The molecule has 4 N–H and O–H groups in total. The molecule has 1 amide bonds. The standard InChI is InChI=1S/C9H8N2.C7H7NO/c10-9-8-4-2-1-3-7(8)5-6-11-9;8-7(9)6-4-2-1-3-5-6/h1-6H,(H2,10,11);1-5H,(H2,8,9). The minimum absolute atomic E-state index is 0.379. The van der Waals surface area contributed by atoms with Crippen molar-refractivity contribution in [2.24, 2.45) is 5.73 Å². The molecule has 0 saturated heterocycles. The fraction of sp³-hybridized carbons (Fsp3) is 0. The van der Waals surface area contributed by atoms with Crippen molar-refractivity contribution in [2.75, 3.05) is 5.73 Å². The van der Waals surface area contributed by atoms with E-state index in [-0.39, 0.29) is 5.91 Å². The Morgan fingerprint density at radius 3 is 2.15 bits per heavy atom. The summed E-state index contributed by atoms with van der Waals surface area (Å²) >= 11 is 0. The van der Waals surface area contributed by atoms with E-state index in [1.54, 1.807) is 30.5 Å². The van der Waals surface area contributed by atoms with Crippen LogP contribution in [0.1, 0.15) is 10.4 Å². The molecule has 0 unspecified atom stereocenters. The van der Waals surface area contributed by atoms with E-state index in [9.17, 15) is 4.79 Å². The van der Waals surface area contributed by atoms with Gasteiger partial charge in [-0.05, 0) is 23.6 Å². The van der Waals surface area contributed by atoms with Gasteiger partial charge >= 0.3 is 0 Å². The minimum atomic E-state index is -0.379. The fourth-order valence-corrected chi connectivity index (χ4v) is 1.75. The van der Waals surface area contributed by atoms with Gasteiger partial charge in [0.15, 0.2) is 0 Å². The second-order valence-corrected chi connectivity index (χ2v) is 4.15. The number of fused-ring (bicyclic) bond motifs is 1. The highest BCUT2D eigenvalue weighted by atomic mass is 16.1. The average Bonchev–Trinajstić information content (AvgIpc) is 2.49. The smallest absolute Gasteiger partial charge is 0.248 e. The molecule has 0 atom stereocenters. The number of carbonyl (C=O) groups is 1. The molecule has 0 aliphatic heterocycles. The molecule has 1 heterocycles. The van der Waals surface area contributed by atoms with Gasteiger partial charge in [0.05, 0.1) is 0 Å². The summed E-state index contributed by atoms with van der Waals surface area (Å²) in [7, 11) is 0. The van der Waals surface area contributed by atoms with Gasteiger partial charge in [0.25, 0.3) is 0 Å². The SMILES string of the molecule is NC(=O)c1ccccc1.Nc1nccc2ccccc12. The van der Waals surface area contributed by atoms with E-state index >= 15 is 0 Å². The number of aromatic nitrogens is 1. The zero-order valence-corrected chi connectivity index (χ0v) is 10.9. The van der Waals surface area contributed by atoms with E-state index in [0.29, 0.717) is 11.4 Å². The van der Waals surface area contributed by atoms with Gasteiger partial charge in [-0.3, -0.25) is 4.79 Å². The molecule has 0 aliphatic carbocycles. The summed E-state index contributed by atoms with van der Waals surface area (Å²) in [5.41, 5.74) is 11.2. The first-order valence-corrected chi connectivity index (χ1v) is 6.12. The minimum Gasteiger partial charge on any atom is -0.383 e. The second kappa shape index (κ2) is 6.33. The van der Waals surface area contributed by atoms with Crippen LogP contribution in [0.5, 0.6) is 0 Å². The first-order valence-electron chi connectivity index (χ1n) is 6.12. The van der Waals surface area contributed by atoms with Crippen LogP contribution in [0.25, 0.3) is 10.8 Å². The van der Waals surface area contributed by atoms with Gasteiger partial charge < -0.3 is 11.5 Å². The summed E-state index contributed by atoms with van der Waals surface area (Å²) in [6.07, 6.45) is 1.72. The van der Waals surface area contributed by atoms with Crippen LogP contribution in [0.4, 0.5) is 5.82 Å². The van der Waals surface area contributed by atoms with E-state index < -0.39 is 0 Å². The molecule has 0 fully saturated rings. The number of nitrogen functional groups attached to an aromatic ring is 1. The number of primary amides is 1. The number of rotatable bonds is 1. The molecule has 4 nitrogen and oxygen atoms in total. The third-order valence-electron chi connectivity index (χ3n) is 2.76. The Bertz CT molecular complexity index is 706. The molecule has 3 aromatic rings. The van der Waals surface area contributed by atoms with Crippen molar-refractivity contribution in [3.05, 3.63) is 72.4 Å². The molecule has 1 aromatic heterocycles. The van der Waals surface area contributed by atoms with E-state index in [1.807, 2.05) is 36.4 Å². The molecular weight excluding hydrogens is 250 g/mol. The van der Waals surface area contributed by atoms with Crippen LogP contribution < -0.4 is 11.5 Å². The Hall–Kier alpha value is -2.88. The van der Waals surface area contributed by atoms with Crippen LogP contribution in [0.3, 0.4) is 0 Å². The maximum Gasteiger partial charge on any atom is 0.248 e. The molecule has 20 heavy (non-hydrogen) atoms. The van der Waals surface area contributed by atoms with E-state index in [0.717, 1.165) is 10.8 Å². The van der Waals surface area contributed by atoms with Crippen molar-refractivity contribution >= 4 is 22.5 Å². The monoisotopic (exact) mass is 265 g/mol. The number of nitrogens with two attached hydrogens (primary N) is 2. The lowest BCUT2D eigenvalue weighted by Crippen LogP contribution is -2.09. The van der Waals surface area contributed by atoms with E-state index in [4.69, 9.17) is 11.5 Å². The average molecular weight is 265 g/mol. The Morgan fingerprint density at radius 1 is 0.900 bits per heavy atom. The number of benzene rings is 2. The van der Waals surface area contributed by atoms with Crippen LogP contribution >= 0.6 is 0 Å². The largest absolute Gasteiger partial charge is 0.383 e. The lowest BCUT2D eigenvalue weighted by molar-refractivity contribution is 0.100. The molecule has 0 saturated carbocycles. The topological polar surface area (TPSA) is 82.0 Å². The Balaban J connectivity index is 0.000000151. The van der Waals surface area contributed by atoms with Crippen molar-refractivity contribution in [2.45, 2.75) is 0 Å². The summed E-state index contributed by atoms with van der Waals surface area (Å²) in [6, 6.07) is 18.6. The number of nitrogens with zero attached hydrogens (tertiary/aromatic N) is 1. The Labute approximate surface area is 117 Å². The van der Waals surface area contributed by atoms with Gasteiger partial charge in [0, 0.05) is 17.1 Å². The van der Waals surface area contributed by atoms with Gasteiger partial charge in [-0.1, -0.05) is 42.5 Å². The van der Waals surface area contributed by atoms with Crippen molar-refractivity contribution in [3.8, 4) is 0 Å². The molecule has 4 heteroatoms. The Kier molecular flexibility index (Phi) is 4.29. The van der Waals surface area contributed by atoms with Crippen LogP contribution in [-0.4, -0.2) is 10.9 Å². The summed E-state index contributed by atoms with van der Waals surface area (Å²) in [4.78, 5) is 14.4. The second-order valence-electron chi connectivity index (χ2n) is 4.15. The number of amides is 1. The van der Waals surface area contributed by atoms with Crippen LogP contribution in [0.15, 0.2) is 66.9 Å². The van der Waals surface area contributed by atoms with E-state index in [1.165, 1.54) is 0 Å². The molecule has 0 spiro atoms. The van der Waals surface area contributed by atoms with Crippen molar-refractivity contribution < 1.29 is 4.79 Å². The van der Waals surface area contributed by atoms with Crippen molar-refractivity contribution in [3.63, 3.8) is 0 Å². The molecule has 0 radical (unpaired) electrons. The van der Waals surface area contributed by atoms with Gasteiger partial charge in [-0.2, -0.15) is 0 Å².